The zero-order chi connectivity index (χ0) is 13.4. The van der Waals surface area contributed by atoms with Crippen molar-refractivity contribution in [3.63, 3.8) is 0 Å². The Bertz CT molecular complexity index is 351. The van der Waals surface area contributed by atoms with E-state index in [0.29, 0.717) is 0 Å². The van der Waals surface area contributed by atoms with Crippen molar-refractivity contribution in [3.8, 4) is 0 Å². The summed E-state index contributed by atoms with van der Waals surface area (Å²) in [6, 6.07) is 1.90. The molecule has 1 heterocycles. The fourth-order valence-electron chi connectivity index (χ4n) is 1.92. The quantitative estimate of drug-likeness (QED) is 0.715. The summed E-state index contributed by atoms with van der Waals surface area (Å²) >= 11 is 0. The molecule has 0 fully saturated rings. The van der Waals surface area contributed by atoms with Crippen LogP contribution in [0.1, 0.15) is 33.1 Å². The Morgan fingerprint density at radius 3 is 2.89 bits per heavy atom. The van der Waals surface area contributed by atoms with Crippen molar-refractivity contribution in [2.75, 3.05) is 13.7 Å². The second-order valence-electron chi connectivity index (χ2n) is 4.62. The van der Waals surface area contributed by atoms with E-state index in [9.17, 15) is 4.79 Å². The van der Waals surface area contributed by atoms with Crippen molar-refractivity contribution in [3.05, 3.63) is 18.5 Å². The van der Waals surface area contributed by atoms with Gasteiger partial charge in [-0.3, -0.25) is 9.48 Å². The van der Waals surface area contributed by atoms with Crippen molar-refractivity contribution >= 4 is 5.97 Å². The van der Waals surface area contributed by atoms with Crippen LogP contribution in [0.4, 0.5) is 0 Å². The highest BCUT2D eigenvalue weighted by atomic mass is 16.5. The van der Waals surface area contributed by atoms with Gasteiger partial charge in [-0.25, -0.2) is 0 Å². The van der Waals surface area contributed by atoms with Crippen LogP contribution in [0.5, 0.6) is 0 Å². The topological polar surface area (TPSA) is 56.2 Å². The van der Waals surface area contributed by atoms with E-state index >= 15 is 0 Å². The maximum Gasteiger partial charge on any atom is 0.325 e. The Morgan fingerprint density at radius 2 is 2.33 bits per heavy atom. The first-order valence-electron chi connectivity index (χ1n) is 6.43. The van der Waals surface area contributed by atoms with E-state index in [4.69, 9.17) is 4.74 Å². The minimum atomic E-state index is -0.599. The standard InChI is InChI=1S/C13H23N3O2/c1-4-8-14-13(2,12(17)18-3)7-5-10-16-11-6-9-15-16/h6,9,11,14H,4-5,7-8,10H2,1-3H3. The highest BCUT2D eigenvalue weighted by Crippen LogP contribution is 2.15. The average Bonchev–Trinajstić information content (AvgIpc) is 2.88. The Labute approximate surface area is 109 Å². The molecular formula is C13H23N3O2. The molecule has 5 heteroatoms. The largest absolute Gasteiger partial charge is 0.468 e. The van der Waals surface area contributed by atoms with Crippen LogP contribution in [-0.4, -0.2) is 34.9 Å². The minimum absolute atomic E-state index is 0.198. The van der Waals surface area contributed by atoms with Crippen molar-refractivity contribution in [1.82, 2.24) is 15.1 Å². The van der Waals surface area contributed by atoms with E-state index in [-0.39, 0.29) is 5.97 Å². The van der Waals surface area contributed by atoms with Gasteiger partial charge in [-0.15, -0.1) is 0 Å². The van der Waals surface area contributed by atoms with E-state index in [2.05, 4.69) is 17.3 Å². The number of methoxy groups -OCH3 is 1. The number of rotatable bonds is 8. The molecule has 0 amide bonds. The number of hydrogen-bond donors (Lipinski definition) is 1. The predicted molar refractivity (Wildman–Crippen MR) is 70.2 cm³/mol. The van der Waals surface area contributed by atoms with Crippen LogP contribution in [0.25, 0.3) is 0 Å². The summed E-state index contributed by atoms with van der Waals surface area (Å²) in [6.45, 7) is 5.60. The second-order valence-corrected chi connectivity index (χ2v) is 4.62. The molecule has 0 saturated heterocycles. The Balaban J connectivity index is 2.47. The predicted octanol–water partition coefficient (Wildman–Crippen LogP) is 1.59. The lowest BCUT2D eigenvalue weighted by atomic mass is 9.95. The van der Waals surface area contributed by atoms with Crippen molar-refractivity contribution in [2.24, 2.45) is 0 Å². The molecular weight excluding hydrogens is 230 g/mol. The van der Waals surface area contributed by atoms with E-state index in [1.807, 2.05) is 23.9 Å². The number of carbonyl (C=O) groups is 1. The second kappa shape index (κ2) is 7.16. The first-order chi connectivity index (χ1) is 8.62. The molecule has 0 radical (unpaired) electrons. The smallest absolute Gasteiger partial charge is 0.325 e. The number of aromatic nitrogens is 2. The van der Waals surface area contributed by atoms with Crippen LogP contribution in [0.15, 0.2) is 18.5 Å². The van der Waals surface area contributed by atoms with Crippen molar-refractivity contribution in [1.29, 1.82) is 0 Å². The molecule has 102 valence electrons. The molecule has 5 nitrogen and oxygen atoms in total. The molecule has 0 aromatic carbocycles. The lowest BCUT2D eigenvalue weighted by Gasteiger charge is -2.28. The molecule has 1 atom stereocenters. The summed E-state index contributed by atoms with van der Waals surface area (Å²) in [5, 5.41) is 7.42. The third-order valence-electron chi connectivity index (χ3n) is 3.02. The van der Waals surface area contributed by atoms with E-state index in [0.717, 1.165) is 32.4 Å². The van der Waals surface area contributed by atoms with Crippen LogP contribution in [0, 0.1) is 0 Å². The van der Waals surface area contributed by atoms with Gasteiger partial charge in [0.25, 0.3) is 0 Å². The maximum absolute atomic E-state index is 11.8. The Kier molecular flexibility index (Phi) is 5.85. The van der Waals surface area contributed by atoms with Gasteiger partial charge >= 0.3 is 5.97 Å². The van der Waals surface area contributed by atoms with Crippen LogP contribution in [0.3, 0.4) is 0 Å². The summed E-state index contributed by atoms with van der Waals surface area (Å²) in [4.78, 5) is 11.8. The van der Waals surface area contributed by atoms with E-state index in [1.165, 1.54) is 7.11 Å². The lowest BCUT2D eigenvalue weighted by Crippen LogP contribution is -2.50. The normalized spacial score (nSPS) is 14.2. The molecule has 1 aromatic heterocycles. The number of nitrogens with zero attached hydrogens (tertiary/aromatic N) is 2. The zero-order valence-corrected chi connectivity index (χ0v) is 11.5. The van der Waals surface area contributed by atoms with Gasteiger partial charge in [0.2, 0.25) is 0 Å². The van der Waals surface area contributed by atoms with Crippen LogP contribution >= 0.6 is 0 Å². The van der Waals surface area contributed by atoms with Crippen molar-refractivity contribution in [2.45, 2.75) is 45.2 Å². The summed E-state index contributed by atoms with van der Waals surface area (Å²) in [5.74, 6) is -0.198. The molecule has 0 saturated carbocycles. The summed E-state index contributed by atoms with van der Waals surface area (Å²) in [7, 11) is 1.43. The molecule has 0 aliphatic heterocycles. The van der Waals surface area contributed by atoms with Gasteiger partial charge in [-0.05, 0) is 38.8 Å². The first-order valence-corrected chi connectivity index (χ1v) is 6.43. The first kappa shape index (κ1) is 14.7. The molecule has 0 spiro atoms. The van der Waals surface area contributed by atoms with Crippen LogP contribution in [-0.2, 0) is 16.1 Å². The van der Waals surface area contributed by atoms with Gasteiger partial charge in [0.15, 0.2) is 0 Å². The third kappa shape index (κ3) is 4.14. The molecule has 1 rings (SSSR count). The number of nitrogens with one attached hydrogen (secondary N) is 1. The maximum atomic E-state index is 11.8. The number of aryl methyl sites for hydroxylation is 1. The number of esters is 1. The monoisotopic (exact) mass is 253 g/mol. The number of hydrogen-bond acceptors (Lipinski definition) is 4. The van der Waals surface area contributed by atoms with Gasteiger partial charge in [-0.2, -0.15) is 5.10 Å². The van der Waals surface area contributed by atoms with Crippen molar-refractivity contribution < 1.29 is 9.53 Å². The minimum Gasteiger partial charge on any atom is -0.468 e. The average molecular weight is 253 g/mol. The molecule has 1 aromatic rings. The fourth-order valence-corrected chi connectivity index (χ4v) is 1.92. The van der Waals surface area contributed by atoms with Gasteiger partial charge in [0.1, 0.15) is 5.54 Å². The summed E-state index contributed by atoms with van der Waals surface area (Å²) in [6.07, 6.45) is 6.29. The van der Waals surface area contributed by atoms with E-state index in [1.54, 1.807) is 6.20 Å². The molecule has 0 aliphatic rings. The fraction of sp³-hybridized carbons (Fsp3) is 0.692. The highest BCUT2D eigenvalue weighted by Gasteiger charge is 2.32. The number of ether oxygens (including phenoxy) is 1. The van der Waals surface area contributed by atoms with Gasteiger partial charge in [0.05, 0.1) is 7.11 Å². The van der Waals surface area contributed by atoms with Gasteiger partial charge < -0.3 is 10.1 Å². The highest BCUT2D eigenvalue weighted by molar-refractivity contribution is 5.80. The SMILES string of the molecule is CCCNC(C)(CCCn1cccn1)C(=O)OC. The molecule has 0 aliphatic carbocycles. The summed E-state index contributed by atoms with van der Waals surface area (Å²) in [5.41, 5.74) is -0.599. The Hall–Kier alpha value is -1.36. The Morgan fingerprint density at radius 1 is 1.56 bits per heavy atom. The molecule has 1 N–H and O–H groups in total. The molecule has 0 bridgehead atoms. The molecule has 1 unspecified atom stereocenters. The lowest BCUT2D eigenvalue weighted by molar-refractivity contribution is -0.148. The third-order valence-corrected chi connectivity index (χ3v) is 3.02. The zero-order valence-electron chi connectivity index (χ0n) is 11.5. The summed E-state index contributed by atoms with van der Waals surface area (Å²) < 4.78 is 6.75. The van der Waals surface area contributed by atoms with Gasteiger partial charge in [0, 0.05) is 18.9 Å². The van der Waals surface area contributed by atoms with Crippen LogP contribution in [0.2, 0.25) is 0 Å². The molecule has 18 heavy (non-hydrogen) atoms. The van der Waals surface area contributed by atoms with E-state index < -0.39 is 5.54 Å². The number of carbonyl (C=O) groups excluding carboxylic acids is 1. The van der Waals surface area contributed by atoms with Gasteiger partial charge in [-0.1, -0.05) is 6.92 Å². The van der Waals surface area contributed by atoms with Crippen LogP contribution < -0.4 is 5.32 Å².